The number of halogens is 2. The predicted molar refractivity (Wildman–Crippen MR) is 101 cm³/mol. The molecular formula is C18H18Br2N2O3. The molecule has 7 heteroatoms. The van der Waals surface area contributed by atoms with Crippen LogP contribution in [0.5, 0.6) is 0 Å². The number of nitrogens with zero attached hydrogens (tertiary/aromatic N) is 1. The van der Waals surface area contributed by atoms with Crippen LogP contribution >= 0.6 is 31.9 Å². The van der Waals surface area contributed by atoms with Crippen molar-refractivity contribution in [2.24, 2.45) is 23.7 Å². The molecule has 2 aliphatic carbocycles. The number of benzene rings is 1. The molecule has 1 saturated heterocycles. The maximum Gasteiger partial charge on any atom is 0.244 e. The van der Waals surface area contributed by atoms with Crippen LogP contribution in [0.1, 0.15) is 12.0 Å². The van der Waals surface area contributed by atoms with Crippen molar-refractivity contribution in [3.63, 3.8) is 0 Å². The van der Waals surface area contributed by atoms with Crippen LogP contribution in [0.25, 0.3) is 0 Å². The molecule has 3 amide bonds. The van der Waals surface area contributed by atoms with E-state index < -0.39 is 0 Å². The van der Waals surface area contributed by atoms with Crippen LogP contribution in [-0.2, 0) is 14.4 Å². The third-order valence-corrected chi connectivity index (χ3v) is 8.89. The van der Waals surface area contributed by atoms with Crippen molar-refractivity contribution < 1.29 is 14.4 Å². The van der Waals surface area contributed by atoms with E-state index in [9.17, 15) is 14.4 Å². The number of hydrogen-bond donors (Lipinski definition) is 1. The lowest BCUT2D eigenvalue weighted by atomic mass is 9.81. The van der Waals surface area contributed by atoms with Gasteiger partial charge < -0.3 is 5.32 Å². The molecule has 1 aromatic rings. The maximum atomic E-state index is 12.8. The van der Waals surface area contributed by atoms with Crippen molar-refractivity contribution in [2.45, 2.75) is 23.0 Å². The highest BCUT2D eigenvalue weighted by atomic mass is 79.9. The van der Waals surface area contributed by atoms with Crippen molar-refractivity contribution in [1.82, 2.24) is 4.90 Å². The first-order valence-electron chi connectivity index (χ1n) is 8.38. The summed E-state index contributed by atoms with van der Waals surface area (Å²) in [6.07, 6.45) is 0.891. The average molecular weight is 470 g/mol. The highest BCUT2D eigenvalue weighted by Crippen LogP contribution is 2.60. The fourth-order valence-corrected chi connectivity index (χ4v) is 6.51. The van der Waals surface area contributed by atoms with E-state index in [4.69, 9.17) is 0 Å². The van der Waals surface area contributed by atoms with Gasteiger partial charge in [0.1, 0.15) is 6.54 Å². The SMILES string of the molecule is Cc1cccc(NC(=O)CN2C(=O)[C@H]3[C@@H]4C[C@H]([C@@H](Br)[C@H]4Br)[C@@H]3C2=O)c1. The second-order valence-corrected chi connectivity index (χ2v) is 9.30. The zero-order chi connectivity index (χ0) is 17.9. The van der Waals surface area contributed by atoms with E-state index in [0.29, 0.717) is 5.69 Å². The van der Waals surface area contributed by atoms with Gasteiger partial charge >= 0.3 is 0 Å². The van der Waals surface area contributed by atoms with Crippen molar-refractivity contribution in [1.29, 1.82) is 0 Å². The normalized spacial score (nSPS) is 36.0. The summed E-state index contributed by atoms with van der Waals surface area (Å²) in [5.74, 6) is -0.937. The molecule has 1 heterocycles. The zero-order valence-electron chi connectivity index (χ0n) is 13.6. The average Bonchev–Trinajstić information content (AvgIpc) is 3.15. The van der Waals surface area contributed by atoms with Gasteiger partial charge in [-0.25, -0.2) is 0 Å². The van der Waals surface area contributed by atoms with Gasteiger partial charge in [0.15, 0.2) is 0 Å². The number of amides is 3. The van der Waals surface area contributed by atoms with E-state index in [0.717, 1.165) is 16.9 Å². The van der Waals surface area contributed by atoms with Crippen LogP contribution in [0.2, 0.25) is 0 Å². The Balaban J connectivity index is 1.48. The first-order chi connectivity index (χ1) is 11.9. The van der Waals surface area contributed by atoms with Crippen LogP contribution < -0.4 is 5.32 Å². The van der Waals surface area contributed by atoms with Crippen LogP contribution in [0, 0.1) is 30.6 Å². The van der Waals surface area contributed by atoms with Crippen LogP contribution in [0.3, 0.4) is 0 Å². The second-order valence-electron chi connectivity index (χ2n) is 7.18. The third-order valence-electron chi connectivity index (χ3n) is 5.68. The molecule has 4 rings (SSSR count). The largest absolute Gasteiger partial charge is 0.325 e. The maximum absolute atomic E-state index is 12.8. The van der Waals surface area contributed by atoms with Crippen LogP contribution in [0.15, 0.2) is 24.3 Å². The zero-order valence-corrected chi connectivity index (χ0v) is 16.8. The number of likely N-dealkylation sites (tertiary alicyclic amines) is 1. The first kappa shape index (κ1) is 17.2. The van der Waals surface area contributed by atoms with Gasteiger partial charge in [0, 0.05) is 15.3 Å². The number of hydrogen-bond acceptors (Lipinski definition) is 3. The molecule has 5 nitrogen and oxygen atoms in total. The molecule has 25 heavy (non-hydrogen) atoms. The van der Waals surface area contributed by atoms with Crippen molar-refractivity contribution in [2.75, 3.05) is 11.9 Å². The van der Waals surface area contributed by atoms with Crippen LogP contribution in [0.4, 0.5) is 5.69 Å². The van der Waals surface area contributed by atoms with Gasteiger partial charge in [-0.2, -0.15) is 0 Å². The molecule has 132 valence electrons. The third kappa shape index (κ3) is 2.67. The van der Waals surface area contributed by atoms with Gasteiger partial charge in [-0.15, -0.1) is 0 Å². The van der Waals surface area contributed by atoms with Crippen molar-refractivity contribution in [3.05, 3.63) is 29.8 Å². The summed E-state index contributed by atoms with van der Waals surface area (Å²) < 4.78 is 0. The minimum atomic E-state index is -0.342. The number of alkyl halides is 2. The lowest BCUT2D eigenvalue weighted by Gasteiger charge is -2.28. The Bertz CT molecular complexity index is 736. The highest BCUT2D eigenvalue weighted by Gasteiger charge is 2.66. The Kier molecular flexibility index (Phi) is 4.27. The molecule has 2 bridgehead atoms. The summed E-state index contributed by atoms with van der Waals surface area (Å²) in [5.41, 5.74) is 1.70. The number of imide groups is 1. The number of aryl methyl sites for hydroxylation is 1. The number of anilines is 1. The lowest BCUT2D eigenvalue weighted by molar-refractivity contribution is -0.143. The summed E-state index contributed by atoms with van der Waals surface area (Å²) in [6.45, 7) is 1.73. The molecular weight excluding hydrogens is 452 g/mol. The molecule has 3 aliphatic rings. The Morgan fingerprint density at radius 1 is 1.16 bits per heavy atom. The van der Waals surface area contributed by atoms with Crippen molar-refractivity contribution in [3.8, 4) is 0 Å². The minimum absolute atomic E-state index is 0.167. The van der Waals surface area contributed by atoms with E-state index in [1.165, 1.54) is 0 Å². The summed E-state index contributed by atoms with van der Waals surface area (Å²) >= 11 is 7.32. The predicted octanol–water partition coefficient (Wildman–Crippen LogP) is 2.71. The lowest BCUT2D eigenvalue weighted by Crippen LogP contribution is -2.39. The van der Waals surface area contributed by atoms with Gasteiger partial charge in [-0.05, 0) is 42.9 Å². The molecule has 0 radical (unpaired) electrons. The standard InChI is InChI=1S/C18H18Br2N2O3/c1-8-3-2-4-9(5-8)21-12(23)7-22-17(24)13-10-6-11(14(13)18(22)25)16(20)15(10)19/h2-5,10-11,13-16H,6-7H2,1H3,(H,21,23)/t10-,11-,13-,14-,15-,16+/m0/s1. The molecule has 0 unspecified atom stereocenters. The Morgan fingerprint density at radius 2 is 1.76 bits per heavy atom. The fourth-order valence-electron chi connectivity index (χ4n) is 4.63. The highest BCUT2D eigenvalue weighted by molar-refractivity contribution is 9.12. The number of carbonyl (C=O) groups excluding carboxylic acids is 3. The fraction of sp³-hybridized carbons (Fsp3) is 0.500. The Hall–Kier alpha value is -1.21. The summed E-state index contributed by atoms with van der Waals surface area (Å²) in [6, 6.07) is 7.43. The number of carbonyl (C=O) groups is 3. The second kappa shape index (κ2) is 6.20. The van der Waals surface area contributed by atoms with E-state index in [1.807, 2.05) is 25.1 Å². The van der Waals surface area contributed by atoms with Gasteiger partial charge in [0.2, 0.25) is 17.7 Å². The molecule has 0 aromatic heterocycles. The quantitative estimate of drug-likeness (QED) is 0.546. The molecule has 1 aromatic carbocycles. The molecule has 2 saturated carbocycles. The summed E-state index contributed by atoms with van der Waals surface area (Å²) in [4.78, 5) is 39.4. The van der Waals surface area contributed by atoms with Gasteiger partial charge in [-0.1, -0.05) is 44.0 Å². The van der Waals surface area contributed by atoms with Crippen LogP contribution in [-0.4, -0.2) is 38.8 Å². The van der Waals surface area contributed by atoms with Gasteiger partial charge in [-0.3, -0.25) is 19.3 Å². The smallest absolute Gasteiger partial charge is 0.244 e. The Morgan fingerprint density at radius 3 is 2.32 bits per heavy atom. The monoisotopic (exact) mass is 468 g/mol. The molecule has 0 spiro atoms. The van der Waals surface area contributed by atoms with Gasteiger partial charge in [0.25, 0.3) is 0 Å². The van der Waals surface area contributed by atoms with E-state index >= 15 is 0 Å². The van der Waals surface area contributed by atoms with E-state index in [-0.39, 0.29) is 57.6 Å². The first-order valence-corrected chi connectivity index (χ1v) is 10.2. The van der Waals surface area contributed by atoms with Crippen molar-refractivity contribution >= 4 is 55.3 Å². The summed E-state index contributed by atoms with van der Waals surface area (Å²) in [7, 11) is 0. The number of fused-ring (bicyclic) bond motifs is 5. The Labute approximate surface area is 162 Å². The van der Waals surface area contributed by atoms with Gasteiger partial charge in [0.05, 0.1) is 11.8 Å². The summed E-state index contributed by atoms with van der Waals surface area (Å²) in [5, 5.41) is 2.77. The van der Waals surface area contributed by atoms with E-state index in [1.54, 1.807) is 6.07 Å². The molecule has 1 aliphatic heterocycles. The number of nitrogens with one attached hydrogen (secondary N) is 1. The molecule has 3 fully saturated rings. The van der Waals surface area contributed by atoms with E-state index in [2.05, 4.69) is 37.2 Å². The molecule has 6 atom stereocenters. The number of rotatable bonds is 3. The minimum Gasteiger partial charge on any atom is -0.325 e. The topological polar surface area (TPSA) is 66.5 Å². The molecule has 1 N–H and O–H groups in total.